The van der Waals surface area contributed by atoms with E-state index >= 15 is 0 Å². The molecular formula is C12H20N2. The molecule has 0 aromatic carbocycles. The Balaban J connectivity index is 1.73. The van der Waals surface area contributed by atoms with Gasteiger partial charge in [0.25, 0.3) is 0 Å². The van der Waals surface area contributed by atoms with Gasteiger partial charge in [-0.25, -0.2) is 0 Å². The molecule has 0 spiro atoms. The summed E-state index contributed by atoms with van der Waals surface area (Å²) in [6.07, 6.45) is 9.28. The largest absolute Gasteiger partial charge is 0.288 e. The molecule has 14 heavy (non-hydrogen) atoms. The molecule has 1 aliphatic heterocycles. The van der Waals surface area contributed by atoms with Gasteiger partial charge < -0.3 is 0 Å². The van der Waals surface area contributed by atoms with Crippen molar-refractivity contribution < 1.29 is 0 Å². The van der Waals surface area contributed by atoms with Crippen LogP contribution in [0.15, 0.2) is 0 Å². The van der Waals surface area contributed by atoms with Crippen LogP contribution in [0.2, 0.25) is 0 Å². The van der Waals surface area contributed by atoms with Crippen molar-refractivity contribution in [2.75, 3.05) is 13.1 Å². The third-order valence-corrected chi connectivity index (χ3v) is 3.81. The van der Waals surface area contributed by atoms with E-state index in [0.717, 1.165) is 18.9 Å². The van der Waals surface area contributed by atoms with Crippen molar-refractivity contribution in [1.29, 1.82) is 5.26 Å². The number of rotatable bonds is 3. The Kier molecular flexibility index (Phi) is 3.42. The zero-order valence-corrected chi connectivity index (χ0v) is 8.91. The fraction of sp³-hybridized carbons (Fsp3) is 0.917. The standard InChI is InChI=1S/C12H20N2/c13-10-12-6-1-2-8-14(12)9-7-11-4-3-5-11/h11-12H,1-9H2. The van der Waals surface area contributed by atoms with E-state index in [0.29, 0.717) is 0 Å². The molecule has 2 fully saturated rings. The molecule has 1 saturated carbocycles. The van der Waals surface area contributed by atoms with Crippen LogP contribution >= 0.6 is 0 Å². The summed E-state index contributed by atoms with van der Waals surface area (Å²) in [6.45, 7) is 2.33. The number of nitrogens with zero attached hydrogens (tertiary/aromatic N) is 2. The van der Waals surface area contributed by atoms with Crippen LogP contribution in [0, 0.1) is 17.2 Å². The van der Waals surface area contributed by atoms with Crippen molar-refractivity contribution in [3.63, 3.8) is 0 Å². The van der Waals surface area contributed by atoms with E-state index in [1.165, 1.54) is 45.1 Å². The lowest BCUT2D eigenvalue weighted by molar-refractivity contribution is 0.157. The third kappa shape index (κ3) is 2.27. The van der Waals surface area contributed by atoms with Gasteiger partial charge >= 0.3 is 0 Å². The van der Waals surface area contributed by atoms with E-state index < -0.39 is 0 Å². The summed E-state index contributed by atoms with van der Waals surface area (Å²) in [5, 5.41) is 9.01. The molecule has 0 bridgehead atoms. The Morgan fingerprint density at radius 1 is 1.14 bits per heavy atom. The first-order valence-corrected chi connectivity index (χ1v) is 6.04. The summed E-state index contributed by atoms with van der Waals surface area (Å²) in [5.41, 5.74) is 0. The molecule has 0 N–H and O–H groups in total. The molecule has 0 aromatic heterocycles. The van der Waals surface area contributed by atoms with Gasteiger partial charge in [-0.3, -0.25) is 4.90 Å². The van der Waals surface area contributed by atoms with Gasteiger partial charge in [-0.2, -0.15) is 5.26 Å². The second-order valence-corrected chi connectivity index (χ2v) is 4.76. The summed E-state index contributed by atoms with van der Waals surface area (Å²) in [7, 11) is 0. The summed E-state index contributed by atoms with van der Waals surface area (Å²) >= 11 is 0. The quantitative estimate of drug-likeness (QED) is 0.687. The molecule has 0 amide bonds. The lowest BCUT2D eigenvalue weighted by Gasteiger charge is -2.34. The van der Waals surface area contributed by atoms with Crippen molar-refractivity contribution in [3.8, 4) is 6.07 Å². The third-order valence-electron chi connectivity index (χ3n) is 3.81. The van der Waals surface area contributed by atoms with E-state index in [1.807, 2.05) is 0 Å². The minimum atomic E-state index is 0.226. The Labute approximate surface area is 86.9 Å². The Morgan fingerprint density at radius 3 is 2.64 bits per heavy atom. The predicted octanol–water partition coefficient (Wildman–Crippen LogP) is 2.55. The van der Waals surface area contributed by atoms with Gasteiger partial charge in [0.2, 0.25) is 0 Å². The molecule has 78 valence electrons. The topological polar surface area (TPSA) is 27.0 Å². The van der Waals surface area contributed by atoms with Crippen molar-refractivity contribution in [1.82, 2.24) is 4.90 Å². The predicted molar refractivity (Wildman–Crippen MR) is 56.8 cm³/mol. The lowest BCUT2D eigenvalue weighted by Crippen LogP contribution is -2.40. The molecule has 2 aliphatic rings. The highest BCUT2D eigenvalue weighted by molar-refractivity contribution is 4.94. The van der Waals surface area contributed by atoms with Crippen LogP contribution in [0.3, 0.4) is 0 Å². The van der Waals surface area contributed by atoms with Crippen LogP contribution in [0.1, 0.15) is 44.9 Å². The minimum Gasteiger partial charge on any atom is -0.288 e. The first kappa shape index (κ1) is 9.98. The van der Waals surface area contributed by atoms with Gasteiger partial charge in [-0.05, 0) is 44.7 Å². The Hall–Kier alpha value is -0.550. The van der Waals surface area contributed by atoms with Gasteiger partial charge in [-0.1, -0.05) is 19.3 Å². The summed E-state index contributed by atoms with van der Waals surface area (Å²) in [5.74, 6) is 0.983. The molecule has 1 heterocycles. The lowest BCUT2D eigenvalue weighted by atomic mass is 9.82. The summed E-state index contributed by atoms with van der Waals surface area (Å²) < 4.78 is 0. The smallest absolute Gasteiger partial charge is 0.0977 e. The molecule has 1 atom stereocenters. The fourth-order valence-corrected chi connectivity index (χ4v) is 2.53. The van der Waals surface area contributed by atoms with E-state index in [2.05, 4.69) is 11.0 Å². The van der Waals surface area contributed by atoms with Gasteiger partial charge in [0.15, 0.2) is 0 Å². The number of hydrogen-bond donors (Lipinski definition) is 0. The summed E-state index contributed by atoms with van der Waals surface area (Å²) in [4.78, 5) is 2.40. The normalized spacial score (nSPS) is 29.5. The maximum atomic E-state index is 9.01. The molecule has 0 aromatic rings. The first-order chi connectivity index (χ1) is 6.90. The van der Waals surface area contributed by atoms with Gasteiger partial charge in [0.1, 0.15) is 0 Å². The summed E-state index contributed by atoms with van der Waals surface area (Å²) in [6, 6.07) is 2.67. The van der Waals surface area contributed by atoms with Crippen LogP contribution in [0.5, 0.6) is 0 Å². The van der Waals surface area contributed by atoms with Gasteiger partial charge in [-0.15, -0.1) is 0 Å². The number of hydrogen-bond acceptors (Lipinski definition) is 2. The first-order valence-electron chi connectivity index (χ1n) is 6.04. The van der Waals surface area contributed by atoms with Crippen molar-refractivity contribution >= 4 is 0 Å². The van der Waals surface area contributed by atoms with E-state index in [9.17, 15) is 0 Å². The Bertz CT molecular complexity index is 215. The molecule has 1 unspecified atom stereocenters. The highest BCUT2D eigenvalue weighted by Crippen LogP contribution is 2.30. The average Bonchev–Trinajstić information content (AvgIpc) is 2.16. The molecule has 2 rings (SSSR count). The fourth-order valence-electron chi connectivity index (χ4n) is 2.53. The number of likely N-dealkylation sites (tertiary alicyclic amines) is 1. The maximum absolute atomic E-state index is 9.01. The molecule has 1 saturated heterocycles. The molecule has 0 radical (unpaired) electrons. The van der Waals surface area contributed by atoms with E-state index in [1.54, 1.807) is 0 Å². The Morgan fingerprint density at radius 2 is 2.00 bits per heavy atom. The SMILES string of the molecule is N#CC1CCCCN1CCC1CCC1. The zero-order chi connectivity index (χ0) is 9.80. The van der Waals surface area contributed by atoms with Crippen LogP contribution in [-0.2, 0) is 0 Å². The monoisotopic (exact) mass is 192 g/mol. The highest BCUT2D eigenvalue weighted by Gasteiger charge is 2.24. The van der Waals surface area contributed by atoms with E-state index in [4.69, 9.17) is 5.26 Å². The van der Waals surface area contributed by atoms with Gasteiger partial charge in [0, 0.05) is 0 Å². The highest BCUT2D eigenvalue weighted by atomic mass is 15.2. The number of nitriles is 1. The number of piperidine rings is 1. The van der Waals surface area contributed by atoms with Crippen molar-refractivity contribution in [2.24, 2.45) is 5.92 Å². The average molecular weight is 192 g/mol. The van der Waals surface area contributed by atoms with Gasteiger partial charge in [0.05, 0.1) is 12.1 Å². The van der Waals surface area contributed by atoms with Crippen LogP contribution in [0.4, 0.5) is 0 Å². The molecular weight excluding hydrogens is 172 g/mol. The second kappa shape index (κ2) is 4.79. The maximum Gasteiger partial charge on any atom is 0.0977 e. The minimum absolute atomic E-state index is 0.226. The molecule has 2 nitrogen and oxygen atoms in total. The van der Waals surface area contributed by atoms with Crippen LogP contribution in [-0.4, -0.2) is 24.0 Å². The van der Waals surface area contributed by atoms with Crippen molar-refractivity contribution in [2.45, 2.75) is 51.0 Å². The second-order valence-electron chi connectivity index (χ2n) is 4.76. The van der Waals surface area contributed by atoms with Crippen molar-refractivity contribution in [3.05, 3.63) is 0 Å². The van der Waals surface area contributed by atoms with Crippen LogP contribution < -0.4 is 0 Å². The van der Waals surface area contributed by atoms with E-state index in [-0.39, 0.29) is 6.04 Å². The molecule has 2 heteroatoms. The van der Waals surface area contributed by atoms with Crippen LogP contribution in [0.25, 0.3) is 0 Å². The zero-order valence-electron chi connectivity index (χ0n) is 8.91. The molecule has 1 aliphatic carbocycles.